The van der Waals surface area contributed by atoms with E-state index in [1.165, 1.54) is 0 Å². The van der Waals surface area contributed by atoms with Gasteiger partial charge >= 0.3 is 0 Å². The van der Waals surface area contributed by atoms with Gasteiger partial charge in [0.2, 0.25) is 14.1 Å². The predicted octanol–water partition coefficient (Wildman–Crippen LogP) is 14.2. The summed E-state index contributed by atoms with van der Waals surface area (Å²) in [6.07, 6.45) is 0. The van der Waals surface area contributed by atoms with Crippen molar-refractivity contribution >= 4 is 41.6 Å². The molecule has 2 aromatic carbocycles. The maximum atomic E-state index is 15.2. The Morgan fingerprint density at radius 2 is 0.807 bits per heavy atom. The fraction of sp³-hybridized carbons (Fsp3) is 0.733. The standard InChI is InChI=1S/C45H84O7Si5/c1-16-53(17-2,18-3)48-41-38-34-37-40-42(41)44(50-55(22-7,23-8)24-9,51-56(25-10,26-11)27-12)45(46,52-57(28-13,29-14)30-15)43(47-40,39-35-32-31-33-36-39)49-54(19-4,20-5)21-6/h31-38,46H,16-30H2,1-15H3. The van der Waals surface area contributed by atoms with Crippen LogP contribution in [0.2, 0.25) is 90.7 Å². The van der Waals surface area contributed by atoms with E-state index < -0.39 is 58.9 Å². The van der Waals surface area contributed by atoms with Gasteiger partial charge in [0.25, 0.3) is 11.6 Å². The van der Waals surface area contributed by atoms with Gasteiger partial charge in [0.1, 0.15) is 11.5 Å². The SMILES string of the molecule is CC[Si](CC)(CC)Oc1cccc2c1C(O[Si](CC)(CC)CC)(O[Si](CC)(CC)CC)C(O)(O[Si](CC)(CC)CC)C(O[Si](CC)(CC)CC)(c1ccccc1)O2. The number of benzene rings is 2. The molecule has 12 heteroatoms. The van der Waals surface area contributed by atoms with Crippen LogP contribution in [0.1, 0.15) is 115 Å². The number of hydrogen-bond donors (Lipinski definition) is 1. The van der Waals surface area contributed by atoms with E-state index in [0.29, 0.717) is 22.6 Å². The van der Waals surface area contributed by atoms with Crippen LogP contribution >= 0.6 is 0 Å². The van der Waals surface area contributed by atoms with Crippen molar-refractivity contribution in [1.29, 1.82) is 0 Å². The van der Waals surface area contributed by atoms with Gasteiger partial charge < -0.3 is 32.0 Å². The van der Waals surface area contributed by atoms with Gasteiger partial charge in [-0.15, -0.1) is 0 Å². The van der Waals surface area contributed by atoms with Crippen molar-refractivity contribution in [3.63, 3.8) is 0 Å². The Hall–Kier alpha value is -1.08. The van der Waals surface area contributed by atoms with Gasteiger partial charge in [0.05, 0.1) is 5.56 Å². The molecule has 3 rings (SSSR count). The van der Waals surface area contributed by atoms with E-state index in [-0.39, 0.29) is 0 Å². The molecule has 0 amide bonds. The lowest BCUT2D eigenvalue weighted by Gasteiger charge is -2.63. The number of fused-ring (bicyclic) bond motifs is 1. The molecule has 7 nitrogen and oxygen atoms in total. The van der Waals surface area contributed by atoms with Crippen LogP contribution in [0.15, 0.2) is 48.5 Å². The van der Waals surface area contributed by atoms with Crippen molar-refractivity contribution in [2.75, 3.05) is 0 Å². The van der Waals surface area contributed by atoms with Crippen LogP contribution in [-0.2, 0) is 29.3 Å². The van der Waals surface area contributed by atoms with Gasteiger partial charge in [-0.2, -0.15) is 0 Å². The molecule has 57 heavy (non-hydrogen) atoms. The lowest BCUT2D eigenvalue weighted by molar-refractivity contribution is -0.445. The van der Waals surface area contributed by atoms with E-state index in [4.69, 9.17) is 26.9 Å². The minimum absolute atomic E-state index is 0.580. The first kappa shape index (κ1) is 50.3. The van der Waals surface area contributed by atoms with E-state index in [9.17, 15) is 0 Å². The second-order valence-corrected chi connectivity index (χ2v) is 40.2. The zero-order valence-electron chi connectivity index (χ0n) is 39.1. The average molecular weight is 878 g/mol. The van der Waals surface area contributed by atoms with E-state index in [0.717, 1.165) is 90.7 Å². The first-order valence-corrected chi connectivity index (χ1v) is 35.9. The van der Waals surface area contributed by atoms with Gasteiger partial charge in [-0.05, 0) is 103 Å². The highest BCUT2D eigenvalue weighted by molar-refractivity contribution is 6.76. The van der Waals surface area contributed by atoms with E-state index in [1.54, 1.807) is 0 Å². The molecular formula is C45H84O7Si5. The van der Waals surface area contributed by atoms with E-state index >= 15 is 5.11 Å². The summed E-state index contributed by atoms with van der Waals surface area (Å²) < 4.78 is 47.6. The van der Waals surface area contributed by atoms with Gasteiger partial charge in [0.15, 0.2) is 33.3 Å². The van der Waals surface area contributed by atoms with Crippen LogP contribution in [0.25, 0.3) is 0 Å². The molecule has 1 aliphatic heterocycles. The summed E-state index contributed by atoms with van der Waals surface area (Å²) in [7, 11) is -13.1. The Labute approximate surface area is 355 Å². The van der Waals surface area contributed by atoms with E-state index in [1.807, 2.05) is 30.3 Å². The highest BCUT2D eigenvalue weighted by Gasteiger charge is 2.78. The summed E-state index contributed by atoms with van der Waals surface area (Å²) in [4.78, 5) is 0. The van der Waals surface area contributed by atoms with Gasteiger partial charge in [-0.1, -0.05) is 140 Å². The minimum atomic E-state index is -2.77. The zero-order chi connectivity index (χ0) is 42.8. The molecule has 1 N–H and O–H groups in total. The molecular weight excluding hydrogens is 793 g/mol. The number of hydrogen-bond acceptors (Lipinski definition) is 7. The maximum absolute atomic E-state index is 15.2. The Morgan fingerprint density at radius 3 is 1.19 bits per heavy atom. The van der Waals surface area contributed by atoms with Crippen molar-refractivity contribution in [1.82, 2.24) is 0 Å². The van der Waals surface area contributed by atoms with Crippen LogP contribution in [0.4, 0.5) is 0 Å². The highest BCUT2D eigenvalue weighted by Crippen LogP contribution is 2.64. The normalized spacial score (nSPS) is 20.3. The second kappa shape index (κ2) is 20.7. The molecule has 0 radical (unpaired) electrons. The predicted molar refractivity (Wildman–Crippen MR) is 253 cm³/mol. The molecule has 1 aliphatic rings. The summed E-state index contributed by atoms with van der Waals surface area (Å²) in [5.41, 5.74) is 1.37. The van der Waals surface area contributed by atoms with Crippen LogP contribution in [0.5, 0.6) is 11.5 Å². The fourth-order valence-electron chi connectivity index (χ4n) is 9.37. The van der Waals surface area contributed by atoms with Crippen molar-refractivity contribution in [3.05, 3.63) is 59.7 Å². The fourth-order valence-corrected chi connectivity index (χ4v) is 23.3. The Bertz CT molecular complexity index is 1450. The monoisotopic (exact) mass is 877 g/mol. The first-order valence-electron chi connectivity index (χ1n) is 23.2. The Morgan fingerprint density at radius 1 is 0.439 bits per heavy atom. The molecule has 0 fully saturated rings. The molecule has 2 atom stereocenters. The maximum Gasteiger partial charge on any atom is 0.288 e. The molecule has 0 aromatic heterocycles. The summed E-state index contributed by atoms with van der Waals surface area (Å²) in [5.74, 6) is -4.67. The van der Waals surface area contributed by atoms with Crippen LogP contribution in [-0.4, -0.2) is 52.5 Å². The largest absolute Gasteiger partial charge is 0.543 e. The van der Waals surface area contributed by atoms with Gasteiger partial charge in [0, 0.05) is 5.56 Å². The summed E-state index contributed by atoms with van der Waals surface area (Å²) in [6.45, 7) is 33.7. The third kappa shape index (κ3) is 9.11. The van der Waals surface area contributed by atoms with Crippen LogP contribution in [0.3, 0.4) is 0 Å². The number of rotatable bonds is 26. The minimum Gasteiger partial charge on any atom is -0.543 e. The van der Waals surface area contributed by atoms with E-state index in [2.05, 4.69) is 122 Å². The number of aliphatic hydroxyl groups is 1. The Kier molecular flexibility index (Phi) is 18.2. The lowest BCUT2D eigenvalue weighted by atomic mass is 9.82. The van der Waals surface area contributed by atoms with Crippen molar-refractivity contribution in [3.8, 4) is 11.5 Å². The highest BCUT2D eigenvalue weighted by atomic mass is 28.4. The second-order valence-electron chi connectivity index (χ2n) is 16.7. The lowest BCUT2D eigenvalue weighted by Crippen LogP contribution is -2.79. The van der Waals surface area contributed by atoms with Crippen molar-refractivity contribution < 1.29 is 32.0 Å². The smallest absolute Gasteiger partial charge is 0.288 e. The molecule has 0 aliphatic carbocycles. The molecule has 0 bridgehead atoms. The quantitative estimate of drug-likeness (QED) is 0.0745. The summed E-state index contributed by atoms with van der Waals surface area (Å²) in [6, 6.07) is 29.3. The number of ether oxygens (including phenoxy) is 1. The first-order chi connectivity index (χ1) is 27.1. The molecule has 2 unspecified atom stereocenters. The molecule has 326 valence electrons. The Balaban J connectivity index is 2.94. The molecule has 0 spiro atoms. The zero-order valence-corrected chi connectivity index (χ0v) is 44.1. The van der Waals surface area contributed by atoms with Crippen molar-refractivity contribution in [2.24, 2.45) is 0 Å². The topological polar surface area (TPSA) is 75.6 Å². The van der Waals surface area contributed by atoms with Crippen LogP contribution < -0.4 is 9.16 Å². The molecule has 1 heterocycles. The molecule has 0 saturated heterocycles. The molecule has 2 aromatic rings. The van der Waals surface area contributed by atoms with Gasteiger partial charge in [-0.3, -0.25) is 0 Å². The van der Waals surface area contributed by atoms with Gasteiger partial charge in [-0.25, -0.2) is 0 Å². The van der Waals surface area contributed by atoms with Crippen molar-refractivity contribution in [2.45, 2.75) is 212 Å². The third-order valence-electron chi connectivity index (χ3n) is 15.1. The van der Waals surface area contributed by atoms with Crippen LogP contribution in [0, 0.1) is 0 Å². The average Bonchev–Trinajstić information content (AvgIpc) is 3.27. The summed E-state index contributed by atoms with van der Waals surface area (Å²) >= 11 is 0. The molecule has 0 saturated carbocycles. The third-order valence-corrected chi connectivity index (χ3v) is 37.9. The summed E-state index contributed by atoms with van der Waals surface area (Å²) in [5, 5.41) is 15.2.